The highest BCUT2D eigenvalue weighted by molar-refractivity contribution is 7.99. The largest absolute Gasteiger partial charge is 0.492 e. The lowest BCUT2D eigenvalue weighted by Crippen LogP contribution is -2.22. The maximum absolute atomic E-state index is 12.0. The highest BCUT2D eigenvalue weighted by Gasteiger charge is 2.20. The molecule has 0 radical (unpaired) electrons. The number of carbonyl (C=O) groups is 1. The van der Waals surface area contributed by atoms with Crippen LogP contribution < -0.4 is 15.2 Å². The van der Waals surface area contributed by atoms with E-state index in [0.29, 0.717) is 30.0 Å². The molecule has 1 aromatic carbocycles. The third-order valence-electron chi connectivity index (χ3n) is 3.32. The molecule has 2 N–H and O–H groups in total. The van der Waals surface area contributed by atoms with Gasteiger partial charge in [-0.15, -0.1) is 0 Å². The van der Waals surface area contributed by atoms with Crippen LogP contribution in [0.1, 0.15) is 29.6 Å². The number of methoxy groups -OCH3 is 1. The monoisotopic (exact) mass is 295 g/mol. The van der Waals surface area contributed by atoms with Gasteiger partial charge in [-0.25, -0.2) is 0 Å². The quantitative estimate of drug-likeness (QED) is 0.817. The van der Waals surface area contributed by atoms with Crippen molar-refractivity contribution in [3.05, 3.63) is 23.8 Å². The van der Waals surface area contributed by atoms with Crippen molar-refractivity contribution < 1.29 is 14.3 Å². The molecule has 4 nitrogen and oxygen atoms in total. The normalized spacial score (nSPS) is 15.9. The minimum atomic E-state index is -0.00556. The van der Waals surface area contributed by atoms with E-state index >= 15 is 0 Å². The van der Waals surface area contributed by atoms with Gasteiger partial charge in [-0.2, -0.15) is 11.8 Å². The maximum atomic E-state index is 12.0. The number of hydrogen-bond donors (Lipinski definition) is 1. The number of Topliss-reactive ketones (excluding diaryl/α,β-unsaturated/α-hetero) is 1. The van der Waals surface area contributed by atoms with Gasteiger partial charge in [0.15, 0.2) is 17.3 Å². The number of ketones is 1. The fraction of sp³-hybridized carbons (Fsp3) is 0.533. The minimum Gasteiger partial charge on any atom is -0.492 e. The van der Waals surface area contributed by atoms with Crippen molar-refractivity contribution in [1.29, 1.82) is 0 Å². The van der Waals surface area contributed by atoms with Crippen LogP contribution in [-0.2, 0) is 0 Å². The number of rotatable bonds is 6. The van der Waals surface area contributed by atoms with E-state index in [4.69, 9.17) is 15.2 Å². The zero-order chi connectivity index (χ0) is 14.4. The predicted octanol–water partition coefficient (Wildman–Crippen LogP) is 2.50. The fourth-order valence-electron chi connectivity index (χ4n) is 2.28. The summed E-state index contributed by atoms with van der Waals surface area (Å²) in [5, 5.41) is 0. The van der Waals surface area contributed by atoms with E-state index in [1.807, 2.05) is 23.9 Å². The van der Waals surface area contributed by atoms with E-state index in [-0.39, 0.29) is 11.9 Å². The van der Waals surface area contributed by atoms with Crippen LogP contribution in [0, 0.1) is 0 Å². The Bertz CT molecular complexity index is 458. The highest BCUT2D eigenvalue weighted by atomic mass is 32.2. The topological polar surface area (TPSA) is 61.5 Å². The highest BCUT2D eigenvalue weighted by Crippen LogP contribution is 2.34. The molecule has 1 aliphatic heterocycles. The molecule has 2 rings (SSSR count). The van der Waals surface area contributed by atoms with E-state index in [2.05, 4.69) is 0 Å². The first-order valence-corrected chi connectivity index (χ1v) is 8.06. The summed E-state index contributed by atoms with van der Waals surface area (Å²) in [6, 6.07) is 5.46. The molecule has 110 valence electrons. The van der Waals surface area contributed by atoms with Gasteiger partial charge in [0, 0.05) is 6.42 Å². The van der Waals surface area contributed by atoms with Crippen molar-refractivity contribution in [2.45, 2.75) is 25.4 Å². The summed E-state index contributed by atoms with van der Waals surface area (Å²) in [6.45, 7) is 0.340. The molecule has 1 aliphatic rings. The Balaban J connectivity index is 2.19. The van der Waals surface area contributed by atoms with E-state index < -0.39 is 0 Å². The van der Waals surface area contributed by atoms with Crippen molar-refractivity contribution in [3.8, 4) is 11.5 Å². The Morgan fingerprint density at radius 2 is 2.15 bits per heavy atom. The molecule has 0 bridgehead atoms. The van der Waals surface area contributed by atoms with Gasteiger partial charge in [0.2, 0.25) is 0 Å². The first-order chi connectivity index (χ1) is 9.76. The zero-order valence-electron chi connectivity index (χ0n) is 11.8. The van der Waals surface area contributed by atoms with Crippen LogP contribution in [0.3, 0.4) is 0 Å². The van der Waals surface area contributed by atoms with Gasteiger partial charge in [-0.05, 0) is 43.0 Å². The van der Waals surface area contributed by atoms with Gasteiger partial charge in [0.05, 0.1) is 12.7 Å². The zero-order valence-corrected chi connectivity index (χ0v) is 12.6. The second kappa shape index (κ2) is 7.55. The standard InChI is InChI=1S/C15H21NO3S/c1-18-15-12(13(17)5-8-16)3-2-4-14(15)19-11-6-9-20-10-7-11/h2-4,11H,5-10,16H2,1H3. The van der Waals surface area contributed by atoms with Crippen molar-refractivity contribution in [3.63, 3.8) is 0 Å². The predicted molar refractivity (Wildman–Crippen MR) is 82.0 cm³/mol. The van der Waals surface area contributed by atoms with Crippen LogP contribution >= 0.6 is 11.8 Å². The van der Waals surface area contributed by atoms with Crippen LogP contribution in [0.5, 0.6) is 11.5 Å². The number of hydrogen-bond acceptors (Lipinski definition) is 5. The van der Waals surface area contributed by atoms with Crippen LogP contribution in [0.15, 0.2) is 18.2 Å². The molecule has 0 aromatic heterocycles. The molecule has 0 spiro atoms. The lowest BCUT2D eigenvalue weighted by molar-refractivity contribution is 0.0980. The lowest BCUT2D eigenvalue weighted by Gasteiger charge is -2.24. The number of benzene rings is 1. The van der Waals surface area contributed by atoms with E-state index in [1.165, 1.54) is 0 Å². The van der Waals surface area contributed by atoms with Crippen molar-refractivity contribution in [2.75, 3.05) is 25.2 Å². The van der Waals surface area contributed by atoms with Crippen LogP contribution in [-0.4, -0.2) is 37.0 Å². The van der Waals surface area contributed by atoms with Gasteiger partial charge in [-0.1, -0.05) is 6.07 Å². The smallest absolute Gasteiger partial charge is 0.171 e. The summed E-state index contributed by atoms with van der Waals surface area (Å²) in [7, 11) is 1.57. The Morgan fingerprint density at radius 1 is 1.40 bits per heavy atom. The lowest BCUT2D eigenvalue weighted by atomic mass is 10.1. The Hall–Kier alpha value is -1.20. The first-order valence-electron chi connectivity index (χ1n) is 6.91. The summed E-state index contributed by atoms with van der Waals surface area (Å²) in [6.07, 6.45) is 2.61. The van der Waals surface area contributed by atoms with Crippen LogP contribution in [0.4, 0.5) is 0 Å². The number of ether oxygens (including phenoxy) is 2. The first kappa shape index (κ1) is 15.2. The summed E-state index contributed by atoms with van der Waals surface area (Å²) >= 11 is 1.95. The molecule has 0 aliphatic carbocycles. The molecule has 0 saturated carbocycles. The molecule has 0 amide bonds. The van der Waals surface area contributed by atoms with E-state index in [9.17, 15) is 4.79 Å². The number of carbonyl (C=O) groups excluding carboxylic acids is 1. The van der Waals surface area contributed by atoms with Crippen LogP contribution in [0.25, 0.3) is 0 Å². The summed E-state index contributed by atoms with van der Waals surface area (Å²) in [5.41, 5.74) is 6.01. The number of para-hydroxylation sites is 1. The fourth-order valence-corrected chi connectivity index (χ4v) is 3.34. The number of thioether (sulfide) groups is 1. The molecule has 1 heterocycles. The van der Waals surface area contributed by atoms with Gasteiger partial charge >= 0.3 is 0 Å². The molecule has 0 unspecified atom stereocenters. The average Bonchev–Trinajstić information content (AvgIpc) is 2.48. The second-order valence-corrected chi connectivity index (χ2v) is 5.95. The molecule has 0 atom stereocenters. The third kappa shape index (κ3) is 3.67. The van der Waals surface area contributed by atoms with Gasteiger partial charge in [0.1, 0.15) is 6.10 Å². The summed E-state index contributed by atoms with van der Waals surface area (Å²) in [4.78, 5) is 12.0. The molecule has 5 heteroatoms. The van der Waals surface area contributed by atoms with E-state index in [1.54, 1.807) is 13.2 Å². The van der Waals surface area contributed by atoms with Gasteiger partial charge in [0.25, 0.3) is 0 Å². The van der Waals surface area contributed by atoms with Crippen molar-refractivity contribution in [2.24, 2.45) is 5.73 Å². The van der Waals surface area contributed by atoms with Gasteiger partial charge in [-0.3, -0.25) is 4.79 Å². The molecular weight excluding hydrogens is 274 g/mol. The van der Waals surface area contributed by atoms with Gasteiger partial charge < -0.3 is 15.2 Å². The van der Waals surface area contributed by atoms with Crippen molar-refractivity contribution >= 4 is 17.5 Å². The minimum absolute atomic E-state index is 0.00556. The Labute approximate surface area is 124 Å². The SMILES string of the molecule is COc1c(OC2CCSCC2)cccc1C(=O)CCN. The van der Waals surface area contributed by atoms with Crippen LogP contribution in [0.2, 0.25) is 0 Å². The molecule has 20 heavy (non-hydrogen) atoms. The number of nitrogens with two attached hydrogens (primary N) is 1. The molecule has 1 aromatic rings. The van der Waals surface area contributed by atoms with Crippen molar-refractivity contribution in [1.82, 2.24) is 0 Å². The van der Waals surface area contributed by atoms with E-state index in [0.717, 1.165) is 24.3 Å². The molecule has 1 saturated heterocycles. The maximum Gasteiger partial charge on any atom is 0.171 e. The summed E-state index contributed by atoms with van der Waals surface area (Å²) < 4.78 is 11.4. The average molecular weight is 295 g/mol. The Kier molecular flexibility index (Phi) is 5.73. The molecule has 1 fully saturated rings. The molecular formula is C15H21NO3S. The Morgan fingerprint density at radius 3 is 2.80 bits per heavy atom. The third-order valence-corrected chi connectivity index (χ3v) is 4.37. The second-order valence-electron chi connectivity index (χ2n) is 4.73. The summed E-state index contributed by atoms with van der Waals surface area (Å²) in [5.74, 6) is 3.43.